The fraction of sp³-hybridized carbons (Fsp3) is 0.308. The van der Waals surface area contributed by atoms with Crippen molar-refractivity contribution in [1.82, 2.24) is 5.32 Å². The van der Waals surface area contributed by atoms with Gasteiger partial charge in [0.05, 0.1) is 19.3 Å². The van der Waals surface area contributed by atoms with Gasteiger partial charge in [0.2, 0.25) is 0 Å². The van der Waals surface area contributed by atoms with Gasteiger partial charge in [-0.3, -0.25) is 0 Å². The molecule has 0 unspecified atom stereocenters. The summed E-state index contributed by atoms with van der Waals surface area (Å²) in [5, 5.41) is 3.22. The predicted molar refractivity (Wildman–Crippen MR) is 122 cm³/mol. The van der Waals surface area contributed by atoms with Crippen LogP contribution >= 0.6 is 0 Å². The van der Waals surface area contributed by atoms with E-state index in [0.29, 0.717) is 24.5 Å². The second-order valence-corrected chi connectivity index (χ2v) is 7.59. The molecule has 0 heterocycles. The van der Waals surface area contributed by atoms with Crippen molar-refractivity contribution < 1.29 is 27.4 Å². The highest BCUT2D eigenvalue weighted by atomic mass is 19.4. The molecule has 0 amide bonds. The number of hydrogen-bond acceptors (Lipinski definition) is 4. The molecule has 4 nitrogen and oxygen atoms in total. The van der Waals surface area contributed by atoms with Crippen molar-refractivity contribution in [3.8, 4) is 22.6 Å². The average Bonchev–Trinajstić information content (AvgIpc) is 2.82. The van der Waals surface area contributed by atoms with E-state index in [1.54, 1.807) is 13.2 Å². The lowest BCUT2D eigenvalue weighted by atomic mass is 9.97. The first kappa shape index (κ1) is 24.6. The number of alkyl halides is 3. The van der Waals surface area contributed by atoms with Crippen LogP contribution < -0.4 is 14.8 Å². The van der Waals surface area contributed by atoms with Gasteiger partial charge in [0.25, 0.3) is 0 Å². The molecule has 7 heteroatoms. The van der Waals surface area contributed by atoms with Crippen molar-refractivity contribution in [1.29, 1.82) is 0 Å². The van der Waals surface area contributed by atoms with E-state index in [1.807, 2.05) is 61.5 Å². The minimum atomic E-state index is -4.50. The molecule has 0 aromatic heterocycles. The first-order valence-corrected chi connectivity index (χ1v) is 10.6. The quantitative estimate of drug-likeness (QED) is 0.364. The lowest BCUT2D eigenvalue weighted by molar-refractivity contribution is -0.138. The molecule has 0 aliphatic carbocycles. The number of halogens is 3. The van der Waals surface area contributed by atoms with Crippen LogP contribution in [0.2, 0.25) is 0 Å². The largest absolute Gasteiger partial charge is 0.496 e. The highest BCUT2D eigenvalue weighted by Gasteiger charge is 2.34. The summed E-state index contributed by atoms with van der Waals surface area (Å²) in [5.41, 5.74) is 1.76. The van der Waals surface area contributed by atoms with E-state index in [0.717, 1.165) is 17.2 Å². The summed E-state index contributed by atoms with van der Waals surface area (Å²) in [7, 11) is 2.98. The second-order valence-electron chi connectivity index (χ2n) is 7.59. The van der Waals surface area contributed by atoms with Gasteiger partial charge >= 0.3 is 6.18 Å². The van der Waals surface area contributed by atoms with Gasteiger partial charge in [-0.1, -0.05) is 42.5 Å². The molecule has 0 bridgehead atoms. The first-order valence-electron chi connectivity index (χ1n) is 10.6. The van der Waals surface area contributed by atoms with Crippen LogP contribution in [0.15, 0.2) is 66.7 Å². The molecule has 1 N–H and O–H groups in total. The highest BCUT2D eigenvalue weighted by Crippen LogP contribution is 2.40. The molecule has 0 aliphatic heterocycles. The Morgan fingerprint density at radius 3 is 2.33 bits per heavy atom. The third kappa shape index (κ3) is 6.49. The maximum atomic E-state index is 13.8. The lowest BCUT2D eigenvalue weighted by Gasteiger charge is -2.20. The summed E-state index contributed by atoms with van der Waals surface area (Å²) in [6, 6.07) is 19.2. The number of benzene rings is 3. The molecule has 0 fully saturated rings. The number of rotatable bonds is 10. The molecule has 176 valence electrons. The maximum Gasteiger partial charge on any atom is 0.416 e. The van der Waals surface area contributed by atoms with Crippen molar-refractivity contribution >= 4 is 0 Å². The van der Waals surface area contributed by atoms with Gasteiger partial charge in [-0.25, -0.2) is 0 Å². The SMILES string of the molecule is COCCOc1cccc([C@@H](C)NCc2cc(-c3ccccc3)c(OC)cc2C(F)(F)F)c1. The van der Waals surface area contributed by atoms with E-state index < -0.39 is 11.7 Å². The summed E-state index contributed by atoms with van der Waals surface area (Å²) in [6.45, 7) is 2.84. The minimum absolute atomic E-state index is 0.0363. The predicted octanol–water partition coefficient (Wildman–Crippen LogP) is 6.26. The Balaban J connectivity index is 1.85. The molecule has 0 saturated carbocycles. The Kier molecular flexibility index (Phi) is 8.36. The molecule has 3 aromatic carbocycles. The van der Waals surface area contributed by atoms with E-state index in [4.69, 9.17) is 14.2 Å². The third-order valence-electron chi connectivity index (χ3n) is 5.33. The van der Waals surface area contributed by atoms with Crippen LogP contribution in [0.4, 0.5) is 13.2 Å². The number of hydrogen-bond donors (Lipinski definition) is 1. The minimum Gasteiger partial charge on any atom is -0.496 e. The molecule has 3 rings (SSSR count). The van der Waals surface area contributed by atoms with Gasteiger partial charge in [-0.2, -0.15) is 13.2 Å². The Morgan fingerprint density at radius 2 is 1.67 bits per heavy atom. The average molecular weight is 460 g/mol. The Bertz CT molecular complexity index is 1040. The van der Waals surface area contributed by atoms with Gasteiger partial charge in [-0.05, 0) is 47.9 Å². The van der Waals surface area contributed by atoms with Gasteiger partial charge in [0, 0.05) is 25.3 Å². The molecular weight excluding hydrogens is 431 g/mol. The summed E-state index contributed by atoms with van der Waals surface area (Å²) >= 11 is 0. The summed E-state index contributed by atoms with van der Waals surface area (Å²) in [5.74, 6) is 0.872. The topological polar surface area (TPSA) is 39.7 Å². The molecule has 0 spiro atoms. The van der Waals surface area contributed by atoms with E-state index >= 15 is 0 Å². The van der Waals surface area contributed by atoms with Crippen molar-refractivity contribution in [2.45, 2.75) is 25.7 Å². The fourth-order valence-electron chi connectivity index (χ4n) is 3.54. The summed E-state index contributed by atoms with van der Waals surface area (Å²) < 4.78 is 57.4. The molecule has 3 aromatic rings. The van der Waals surface area contributed by atoms with E-state index in [2.05, 4.69) is 5.32 Å². The van der Waals surface area contributed by atoms with Crippen LogP contribution in [-0.2, 0) is 17.5 Å². The standard InChI is InChI=1S/C26H28F3NO3/c1-18(20-10-7-11-22(14-20)33-13-12-31-2)30-17-21-15-23(19-8-5-4-6-9-19)25(32-3)16-24(21)26(27,28)29/h4-11,14-16,18,30H,12-13,17H2,1-3H3/t18-/m1/s1. The zero-order chi connectivity index (χ0) is 23.8. The van der Waals surface area contributed by atoms with Crippen LogP contribution in [0.5, 0.6) is 11.5 Å². The molecule has 0 aliphatic rings. The second kappa shape index (κ2) is 11.2. The normalized spacial score (nSPS) is 12.4. The smallest absolute Gasteiger partial charge is 0.416 e. The molecular formula is C26H28F3NO3. The van der Waals surface area contributed by atoms with Gasteiger partial charge in [-0.15, -0.1) is 0 Å². The van der Waals surface area contributed by atoms with Gasteiger partial charge in [0.1, 0.15) is 18.1 Å². The van der Waals surface area contributed by atoms with Crippen LogP contribution in [0, 0.1) is 0 Å². The van der Waals surface area contributed by atoms with E-state index in [1.165, 1.54) is 7.11 Å². The van der Waals surface area contributed by atoms with Crippen LogP contribution in [0.1, 0.15) is 29.7 Å². The zero-order valence-electron chi connectivity index (χ0n) is 18.9. The number of methoxy groups -OCH3 is 2. The summed E-state index contributed by atoms with van der Waals surface area (Å²) in [4.78, 5) is 0. The maximum absolute atomic E-state index is 13.8. The van der Waals surface area contributed by atoms with Gasteiger partial charge in [0.15, 0.2) is 0 Å². The Morgan fingerprint density at radius 1 is 0.909 bits per heavy atom. The lowest BCUT2D eigenvalue weighted by Crippen LogP contribution is -2.21. The van der Waals surface area contributed by atoms with E-state index in [-0.39, 0.29) is 23.9 Å². The van der Waals surface area contributed by atoms with Crippen molar-refractivity contribution in [3.63, 3.8) is 0 Å². The highest BCUT2D eigenvalue weighted by molar-refractivity contribution is 5.72. The summed E-state index contributed by atoms with van der Waals surface area (Å²) in [6.07, 6.45) is -4.50. The zero-order valence-corrected chi connectivity index (χ0v) is 18.9. The third-order valence-corrected chi connectivity index (χ3v) is 5.33. The molecule has 33 heavy (non-hydrogen) atoms. The Labute approximate surface area is 192 Å². The van der Waals surface area contributed by atoms with Crippen molar-refractivity contribution in [2.24, 2.45) is 0 Å². The first-order chi connectivity index (χ1) is 15.8. The van der Waals surface area contributed by atoms with Crippen molar-refractivity contribution in [2.75, 3.05) is 27.4 Å². The molecule has 1 atom stereocenters. The van der Waals surface area contributed by atoms with Crippen LogP contribution in [0.25, 0.3) is 11.1 Å². The van der Waals surface area contributed by atoms with Crippen LogP contribution in [-0.4, -0.2) is 27.4 Å². The van der Waals surface area contributed by atoms with E-state index in [9.17, 15) is 13.2 Å². The monoisotopic (exact) mass is 459 g/mol. The molecule has 0 saturated heterocycles. The van der Waals surface area contributed by atoms with Gasteiger partial charge < -0.3 is 19.5 Å². The van der Waals surface area contributed by atoms with Crippen LogP contribution in [0.3, 0.4) is 0 Å². The number of ether oxygens (including phenoxy) is 3. The van der Waals surface area contributed by atoms with Crippen molar-refractivity contribution in [3.05, 3.63) is 83.4 Å². The number of nitrogens with one attached hydrogen (secondary N) is 1. The molecule has 0 radical (unpaired) electrons. The Hall–Kier alpha value is -3.03. The fourth-order valence-corrected chi connectivity index (χ4v) is 3.54.